The SMILES string of the molecule is C[C@@H](O)COc1ccc(-c2cn(-c3ccccc3)c3ncnc(Cl)c23)cc1. The van der Waals surface area contributed by atoms with Crippen molar-refractivity contribution in [2.45, 2.75) is 13.0 Å². The maximum absolute atomic E-state index is 9.35. The van der Waals surface area contributed by atoms with Gasteiger partial charge in [0.1, 0.15) is 29.5 Å². The summed E-state index contributed by atoms with van der Waals surface area (Å²) < 4.78 is 7.55. The zero-order valence-corrected chi connectivity index (χ0v) is 15.5. The molecule has 136 valence electrons. The number of ether oxygens (including phenoxy) is 1. The summed E-state index contributed by atoms with van der Waals surface area (Å²) in [5, 5.41) is 10.6. The number of rotatable bonds is 5. The van der Waals surface area contributed by atoms with Gasteiger partial charge >= 0.3 is 0 Å². The van der Waals surface area contributed by atoms with Crippen molar-refractivity contribution in [1.29, 1.82) is 0 Å². The van der Waals surface area contributed by atoms with E-state index in [0.29, 0.717) is 10.9 Å². The van der Waals surface area contributed by atoms with Crippen molar-refractivity contribution in [2.75, 3.05) is 6.61 Å². The first-order valence-corrected chi connectivity index (χ1v) is 8.99. The van der Waals surface area contributed by atoms with E-state index >= 15 is 0 Å². The smallest absolute Gasteiger partial charge is 0.150 e. The fourth-order valence-corrected chi connectivity index (χ4v) is 3.21. The Morgan fingerprint density at radius 3 is 2.52 bits per heavy atom. The van der Waals surface area contributed by atoms with Gasteiger partial charge in [0, 0.05) is 17.4 Å². The van der Waals surface area contributed by atoms with Crippen LogP contribution in [0.25, 0.3) is 27.8 Å². The number of para-hydroxylation sites is 1. The van der Waals surface area contributed by atoms with Crippen LogP contribution in [0.5, 0.6) is 5.75 Å². The highest BCUT2D eigenvalue weighted by atomic mass is 35.5. The van der Waals surface area contributed by atoms with Crippen molar-refractivity contribution in [3.63, 3.8) is 0 Å². The molecule has 0 bridgehead atoms. The van der Waals surface area contributed by atoms with E-state index in [1.165, 1.54) is 6.33 Å². The highest BCUT2D eigenvalue weighted by Gasteiger charge is 2.16. The largest absolute Gasteiger partial charge is 0.491 e. The molecule has 0 aliphatic heterocycles. The van der Waals surface area contributed by atoms with Crippen LogP contribution < -0.4 is 4.74 Å². The average Bonchev–Trinajstić information content (AvgIpc) is 3.08. The third kappa shape index (κ3) is 3.52. The first-order valence-electron chi connectivity index (χ1n) is 8.62. The maximum atomic E-state index is 9.35. The number of benzene rings is 2. The van der Waals surface area contributed by atoms with Gasteiger partial charge in [0.2, 0.25) is 0 Å². The van der Waals surface area contributed by atoms with Crippen molar-refractivity contribution in [3.8, 4) is 22.6 Å². The Morgan fingerprint density at radius 1 is 1.07 bits per heavy atom. The molecule has 27 heavy (non-hydrogen) atoms. The first kappa shape index (κ1) is 17.5. The van der Waals surface area contributed by atoms with Crippen LogP contribution in [0.2, 0.25) is 5.15 Å². The van der Waals surface area contributed by atoms with Gasteiger partial charge in [-0.15, -0.1) is 0 Å². The average molecular weight is 380 g/mol. The Labute approximate surface area is 161 Å². The minimum atomic E-state index is -0.510. The van der Waals surface area contributed by atoms with Crippen molar-refractivity contribution >= 4 is 22.6 Å². The van der Waals surface area contributed by atoms with E-state index < -0.39 is 6.10 Å². The lowest BCUT2D eigenvalue weighted by Crippen LogP contribution is -2.12. The summed E-state index contributed by atoms with van der Waals surface area (Å²) in [6.45, 7) is 1.95. The lowest BCUT2D eigenvalue weighted by atomic mass is 10.1. The monoisotopic (exact) mass is 379 g/mol. The fraction of sp³-hybridized carbons (Fsp3) is 0.143. The van der Waals surface area contributed by atoms with Gasteiger partial charge in [0.05, 0.1) is 11.5 Å². The van der Waals surface area contributed by atoms with E-state index in [9.17, 15) is 5.11 Å². The van der Waals surface area contributed by atoms with Gasteiger partial charge in [-0.25, -0.2) is 9.97 Å². The standard InChI is InChI=1S/C21H18ClN3O2/c1-14(26)12-27-17-9-7-15(8-10-17)18-11-25(16-5-3-2-4-6-16)21-19(18)20(22)23-13-24-21/h2-11,13-14,26H,12H2,1H3/t14-/m1/s1. The van der Waals surface area contributed by atoms with Crippen LogP contribution in [0.3, 0.4) is 0 Å². The molecule has 0 aliphatic carbocycles. The molecule has 2 aromatic carbocycles. The van der Waals surface area contributed by atoms with Crippen LogP contribution >= 0.6 is 11.6 Å². The quantitative estimate of drug-likeness (QED) is 0.518. The number of halogens is 1. The molecule has 4 aromatic rings. The molecule has 0 spiro atoms. The summed E-state index contributed by atoms with van der Waals surface area (Å²) in [7, 11) is 0. The van der Waals surface area contributed by atoms with E-state index in [2.05, 4.69) is 9.97 Å². The van der Waals surface area contributed by atoms with Crippen LogP contribution in [0.1, 0.15) is 6.92 Å². The van der Waals surface area contributed by atoms with Gasteiger partial charge in [0.15, 0.2) is 0 Å². The summed E-state index contributed by atoms with van der Waals surface area (Å²) in [5.41, 5.74) is 3.68. The zero-order chi connectivity index (χ0) is 18.8. The lowest BCUT2D eigenvalue weighted by molar-refractivity contribution is 0.123. The molecular weight excluding hydrogens is 362 g/mol. The summed E-state index contributed by atoms with van der Waals surface area (Å²) >= 11 is 6.41. The van der Waals surface area contributed by atoms with Crippen LogP contribution in [0.15, 0.2) is 67.1 Å². The van der Waals surface area contributed by atoms with E-state index in [4.69, 9.17) is 16.3 Å². The Balaban J connectivity index is 1.80. The number of aliphatic hydroxyl groups is 1. The highest BCUT2D eigenvalue weighted by Crippen LogP contribution is 2.35. The molecule has 6 heteroatoms. The lowest BCUT2D eigenvalue weighted by Gasteiger charge is -2.08. The van der Waals surface area contributed by atoms with Crippen LogP contribution in [-0.2, 0) is 0 Å². The predicted octanol–water partition coefficient (Wildman–Crippen LogP) is 4.50. The second-order valence-corrected chi connectivity index (χ2v) is 6.65. The second-order valence-electron chi connectivity index (χ2n) is 6.30. The van der Waals surface area contributed by atoms with Crippen molar-refractivity contribution in [2.24, 2.45) is 0 Å². The van der Waals surface area contributed by atoms with Crippen LogP contribution in [0, 0.1) is 0 Å². The maximum Gasteiger partial charge on any atom is 0.150 e. The molecule has 2 aromatic heterocycles. The van der Waals surface area contributed by atoms with Gasteiger partial charge in [0.25, 0.3) is 0 Å². The number of nitrogens with zero attached hydrogens (tertiary/aromatic N) is 3. The summed E-state index contributed by atoms with van der Waals surface area (Å²) in [6.07, 6.45) is 2.98. The van der Waals surface area contributed by atoms with Crippen LogP contribution in [-0.4, -0.2) is 32.4 Å². The third-order valence-electron chi connectivity index (χ3n) is 4.23. The van der Waals surface area contributed by atoms with E-state index in [1.807, 2.05) is 65.4 Å². The molecule has 0 fully saturated rings. The molecule has 0 saturated carbocycles. The molecule has 0 unspecified atom stereocenters. The van der Waals surface area contributed by atoms with E-state index in [1.54, 1.807) is 6.92 Å². The second kappa shape index (κ2) is 7.39. The molecule has 5 nitrogen and oxygen atoms in total. The van der Waals surface area contributed by atoms with E-state index in [-0.39, 0.29) is 6.61 Å². The Bertz CT molecular complexity index is 1060. The predicted molar refractivity (Wildman–Crippen MR) is 106 cm³/mol. The van der Waals surface area contributed by atoms with Crippen LogP contribution in [0.4, 0.5) is 0 Å². The topological polar surface area (TPSA) is 60.2 Å². The molecule has 0 radical (unpaired) electrons. The molecule has 0 aliphatic rings. The molecule has 2 heterocycles. The number of aromatic nitrogens is 3. The molecule has 1 N–H and O–H groups in total. The van der Waals surface area contributed by atoms with Gasteiger partial charge in [-0.05, 0) is 36.8 Å². The molecule has 1 atom stereocenters. The zero-order valence-electron chi connectivity index (χ0n) is 14.7. The Morgan fingerprint density at radius 2 is 1.81 bits per heavy atom. The van der Waals surface area contributed by atoms with E-state index in [0.717, 1.165) is 27.8 Å². The minimum absolute atomic E-state index is 0.256. The number of hydrogen-bond acceptors (Lipinski definition) is 4. The van der Waals surface area contributed by atoms with Gasteiger partial charge in [-0.1, -0.05) is 41.9 Å². The van der Waals surface area contributed by atoms with Crippen molar-refractivity contribution < 1.29 is 9.84 Å². The van der Waals surface area contributed by atoms with Gasteiger partial charge in [-0.3, -0.25) is 0 Å². The number of fused-ring (bicyclic) bond motifs is 1. The Hall–Kier alpha value is -2.89. The highest BCUT2D eigenvalue weighted by molar-refractivity contribution is 6.35. The van der Waals surface area contributed by atoms with Crippen molar-refractivity contribution in [1.82, 2.24) is 14.5 Å². The molecular formula is C21H18ClN3O2. The number of aliphatic hydroxyl groups excluding tert-OH is 1. The first-order chi connectivity index (χ1) is 13.1. The summed E-state index contributed by atoms with van der Waals surface area (Å²) in [5.74, 6) is 0.703. The third-order valence-corrected chi connectivity index (χ3v) is 4.51. The Kier molecular flexibility index (Phi) is 4.79. The number of hydrogen-bond donors (Lipinski definition) is 1. The van der Waals surface area contributed by atoms with Gasteiger partial charge in [-0.2, -0.15) is 0 Å². The summed E-state index contributed by atoms with van der Waals surface area (Å²) in [4.78, 5) is 8.60. The molecule has 0 saturated heterocycles. The van der Waals surface area contributed by atoms with Gasteiger partial charge < -0.3 is 14.4 Å². The normalized spacial score (nSPS) is 12.3. The summed E-state index contributed by atoms with van der Waals surface area (Å²) in [6, 6.07) is 17.7. The minimum Gasteiger partial charge on any atom is -0.491 e. The van der Waals surface area contributed by atoms with Crippen molar-refractivity contribution in [3.05, 3.63) is 72.3 Å². The molecule has 4 rings (SSSR count). The molecule has 0 amide bonds. The fourth-order valence-electron chi connectivity index (χ4n) is 2.98.